The van der Waals surface area contributed by atoms with E-state index in [1.165, 1.54) is 24.3 Å². The number of rotatable bonds is 5. The second-order valence-corrected chi connectivity index (χ2v) is 7.99. The average Bonchev–Trinajstić information content (AvgIpc) is 2.68. The van der Waals surface area contributed by atoms with Gasteiger partial charge in [-0.25, -0.2) is 13.2 Å². The van der Waals surface area contributed by atoms with Crippen LogP contribution in [0.2, 0.25) is 0 Å². The Labute approximate surface area is 162 Å². The molecular weight excluding hydrogens is 382 g/mol. The molecule has 1 heterocycles. The van der Waals surface area contributed by atoms with E-state index < -0.39 is 21.7 Å². The van der Waals surface area contributed by atoms with Gasteiger partial charge in [-0.1, -0.05) is 30.3 Å². The summed E-state index contributed by atoms with van der Waals surface area (Å²) in [6, 6.07) is 14.5. The molecule has 0 spiro atoms. The molecule has 0 aliphatic carbocycles. The van der Waals surface area contributed by atoms with Crippen molar-refractivity contribution in [3.8, 4) is 0 Å². The van der Waals surface area contributed by atoms with E-state index in [-0.39, 0.29) is 29.6 Å². The number of carbonyl (C=O) groups excluding carboxylic acids is 2. The zero-order valence-electron chi connectivity index (χ0n) is 15.2. The lowest BCUT2D eigenvalue weighted by molar-refractivity contribution is -0.115. The predicted molar refractivity (Wildman–Crippen MR) is 104 cm³/mol. The number of nitrogens with one attached hydrogen (secondary N) is 1. The molecule has 146 valence electrons. The highest BCUT2D eigenvalue weighted by Crippen LogP contribution is 2.30. The van der Waals surface area contributed by atoms with Gasteiger partial charge in [0.15, 0.2) is 9.84 Å². The molecule has 0 unspecified atom stereocenters. The monoisotopic (exact) mass is 401 g/mol. The summed E-state index contributed by atoms with van der Waals surface area (Å²) in [5.41, 5.74) is 1.13. The Bertz CT molecular complexity index is 1010. The molecule has 7 nitrogen and oxygen atoms in total. The fourth-order valence-corrected chi connectivity index (χ4v) is 4.16. The van der Waals surface area contributed by atoms with Gasteiger partial charge < -0.3 is 14.8 Å². The van der Waals surface area contributed by atoms with Gasteiger partial charge in [-0.3, -0.25) is 4.79 Å². The van der Waals surface area contributed by atoms with Gasteiger partial charge in [-0.05, 0) is 36.8 Å². The molecule has 1 aliphatic heterocycles. The third-order valence-corrected chi connectivity index (χ3v) is 5.76. The lowest BCUT2D eigenvalue weighted by atomic mass is 10.2. The standard InChI is InChI=1S/C20H19NO6S/c1-2-26-20(23)15-8-10-16(11-9-15)21-19(22)17-18(14-6-4-3-5-7-14)28(24,25)13-12-27-17/h3-11H,2,12-13H2,1H3,(H,21,22). The van der Waals surface area contributed by atoms with Crippen LogP contribution in [-0.2, 0) is 24.1 Å². The van der Waals surface area contributed by atoms with Crippen LogP contribution in [0.4, 0.5) is 5.69 Å². The van der Waals surface area contributed by atoms with Crippen LogP contribution < -0.4 is 5.32 Å². The second kappa shape index (κ2) is 8.26. The Hall–Kier alpha value is -3.13. The SMILES string of the molecule is CCOC(=O)c1ccc(NC(=O)C2=C(c3ccccc3)S(=O)(=O)CCO2)cc1. The van der Waals surface area contributed by atoms with E-state index in [9.17, 15) is 18.0 Å². The number of anilines is 1. The summed E-state index contributed by atoms with van der Waals surface area (Å²) in [6.45, 7) is 1.88. The van der Waals surface area contributed by atoms with E-state index in [4.69, 9.17) is 9.47 Å². The van der Waals surface area contributed by atoms with Gasteiger partial charge in [-0.15, -0.1) is 0 Å². The summed E-state index contributed by atoms with van der Waals surface area (Å²) < 4.78 is 35.5. The lowest BCUT2D eigenvalue weighted by Crippen LogP contribution is -2.28. The molecule has 1 amide bonds. The Morgan fingerprint density at radius 1 is 1.07 bits per heavy atom. The third kappa shape index (κ3) is 4.23. The maximum absolute atomic E-state index is 12.7. The summed E-state index contributed by atoms with van der Waals surface area (Å²) in [6.07, 6.45) is 0. The van der Waals surface area contributed by atoms with Crippen LogP contribution >= 0.6 is 0 Å². The van der Waals surface area contributed by atoms with E-state index >= 15 is 0 Å². The van der Waals surface area contributed by atoms with Crippen molar-refractivity contribution in [1.82, 2.24) is 0 Å². The average molecular weight is 401 g/mol. The van der Waals surface area contributed by atoms with Crippen LogP contribution in [0.5, 0.6) is 0 Å². The number of ether oxygens (including phenoxy) is 2. The number of benzene rings is 2. The van der Waals surface area contributed by atoms with Crippen molar-refractivity contribution in [3.05, 3.63) is 71.5 Å². The first-order chi connectivity index (χ1) is 13.4. The van der Waals surface area contributed by atoms with E-state index in [0.29, 0.717) is 16.8 Å². The van der Waals surface area contributed by atoms with Gasteiger partial charge in [0.1, 0.15) is 11.5 Å². The largest absolute Gasteiger partial charge is 0.486 e. The topological polar surface area (TPSA) is 98.8 Å². The number of hydrogen-bond acceptors (Lipinski definition) is 6. The first-order valence-electron chi connectivity index (χ1n) is 8.66. The number of hydrogen-bond donors (Lipinski definition) is 1. The summed E-state index contributed by atoms with van der Waals surface area (Å²) >= 11 is 0. The number of esters is 1. The normalized spacial score (nSPS) is 15.5. The minimum absolute atomic E-state index is 0.0940. The lowest BCUT2D eigenvalue weighted by Gasteiger charge is -2.21. The Kier molecular flexibility index (Phi) is 5.79. The number of sulfone groups is 1. The summed E-state index contributed by atoms with van der Waals surface area (Å²) in [7, 11) is -3.65. The van der Waals surface area contributed by atoms with Crippen molar-refractivity contribution >= 4 is 32.3 Å². The van der Waals surface area contributed by atoms with Crippen molar-refractivity contribution in [2.24, 2.45) is 0 Å². The first kappa shape index (κ1) is 19.6. The molecule has 0 bridgehead atoms. The molecular formula is C20H19NO6S. The molecule has 3 rings (SSSR count). The highest BCUT2D eigenvalue weighted by molar-refractivity contribution is 8.00. The fourth-order valence-electron chi connectivity index (χ4n) is 2.72. The fraction of sp³-hybridized carbons (Fsp3) is 0.200. The van der Waals surface area contributed by atoms with Gasteiger partial charge in [-0.2, -0.15) is 0 Å². The van der Waals surface area contributed by atoms with Crippen molar-refractivity contribution in [2.45, 2.75) is 6.92 Å². The molecule has 8 heteroatoms. The summed E-state index contributed by atoms with van der Waals surface area (Å²) in [4.78, 5) is 24.3. The summed E-state index contributed by atoms with van der Waals surface area (Å²) in [5.74, 6) is -1.57. The molecule has 0 saturated heterocycles. The molecule has 0 atom stereocenters. The van der Waals surface area contributed by atoms with Gasteiger partial charge in [0, 0.05) is 5.69 Å². The molecule has 0 aromatic heterocycles. The molecule has 2 aromatic carbocycles. The highest BCUT2D eigenvalue weighted by Gasteiger charge is 2.33. The zero-order valence-corrected chi connectivity index (χ0v) is 16.0. The van der Waals surface area contributed by atoms with Crippen LogP contribution in [0.25, 0.3) is 4.91 Å². The number of carbonyl (C=O) groups is 2. The zero-order chi connectivity index (χ0) is 20.1. The summed E-state index contributed by atoms with van der Waals surface area (Å²) in [5, 5.41) is 2.61. The third-order valence-electron chi connectivity index (χ3n) is 4.01. The maximum Gasteiger partial charge on any atom is 0.338 e. The van der Waals surface area contributed by atoms with Crippen molar-refractivity contribution < 1.29 is 27.5 Å². The van der Waals surface area contributed by atoms with Gasteiger partial charge >= 0.3 is 5.97 Å². The van der Waals surface area contributed by atoms with Gasteiger partial charge in [0.2, 0.25) is 5.76 Å². The Morgan fingerprint density at radius 3 is 2.39 bits per heavy atom. The Balaban J connectivity index is 1.89. The molecule has 28 heavy (non-hydrogen) atoms. The van der Waals surface area contributed by atoms with Crippen LogP contribution in [0.3, 0.4) is 0 Å². The van der Waals surface area contributed by atoms with Gasteiger partial charge in [0.05, 0.1) is 17.9 Å². The predicted octanol–water partition coefficient (Wildman–Crippen LogP) is 2.62. The second-order valence-electron chi connectivity index (χ2n) is 5.94. The minimum Gasteiger partial charge on any atom is -0.486 e. The van der Waals surface area contributed by atoms with Crippen molar-refractivity contribution in [2.75, 3.05) is 24.3 Å². The van der Waals surface area contributed by atoms with E-state index in [1.54, 1.807) is 37.3 Å². The molecule has 1 aliphatic rings. The molecule has 0 radical (unpaired) electrons. The van der Waals surface area contributed by atoms with E-state index in [0.717, 1.165) is 0 Å². The van der Waals surface area contributed by atoms with Crippen LogP contribution in [0.15, 0.2) is 60.4 Å². The van der Waals surface area contributed by atoms with E-state index in [2.05, 4.69) is 5.32 Å². The quantitative estimate of drug-likeness (QED) is 0.774. The van der Waals surface area contributed by atoms with E-state index in [1.807, 2.05) is 0 Å². The van der Waals surface area contributed by atoms with Crippen LogP contribution in [0.1, 0.15) is 22.8 Å². The minimum atomic E-state index is -3.65. The molecule has 0 saturated carbocycles. The van der Waals surface area contributed by atoms with Gasteiger partial charge in [0.25, 0.3) is 5.91 Å². The van der Waals surface area contributed by atoms with Crippen molar-refractivity contribution in [1.29, 1.82) is 0 Å². The van der Waals surface area contributed by atoms with Crippen LogP contribution in [0, 0.1) is 0 Å². The Morgan fingerprint density at radius 2 is 1.75 bits per heavy atom. The maximum atomic E-state index is 12.7. The van der Waals surface area contributed by atoms with Crippen LogP contribution in [-0.4, -0.2) is 39.3 Å². The molecule has 1 N–H and O–H groups in total. The smallest absolute Gasteiger partial charge is 0.338 e. The number of amides is 1. The molecule has 0 fully saturated rings. The highest BCUT2D eigenvalue weighted by atomic mass is 32.2. The van der Waals surface area contributed by atoms with Crippen molar-refractivity contribution in [3.63, 3.8) is 0 Å². The molecule has 2 aromatic rings. The first-order valence-corrected chi connectivity index (χ1v) is 10.3.